The van der Waals surface area contributed by atoms with Crippen LogP contribution < -0.4 is 10.6 Å². The Hall–Kier alpha value is -1.30. The average molecular weight is 273 g/mol. The lowest BCUT2D eigenvalue weighted by molar-refractivity contribution is -0.119. The molecule has 6 heteroatoms. The number of methoxy groups -OCH3 is 1. The number of rotatable bonds is 7. The normalized spacial score (nSPS) is 11.9. The first-order chi connectivity index (χ1) is 8.65. The van der Waals surface area contributed by atoms with Gasteiger partial charge >= 0.3 is 0 Å². The van der Waals surface area contributed by atoms with E-state index in [0.29, 0.717) is 12.2 Å². The standard InChI is InChI=1S/C12H17ClN2O3/c1-18-8-12(17)15-10-4-2-9(3-5-10)14-7-11(16)6-13/h2-5,11,14,16H,6-8H2,1H3,(H,15,17). The fourth-order valence-electron chi connectivity index (χ4n) is 1.29. The third-order valence-electron chi connectivity index (χ3n) is 2.16. The number of hydrogen-bond acceptors (Lipinski definition) is 4. The van der Waals surface area contributed by atoms with Crippen molar-refractivity contribution in [3.63, 3.8) is 0 Å². The Labute approximate surface area is 111 Å². The molecular weight excluding hydrogens is 256 g/mol. The molecule has 18 heavy (non-hydrogen) atoms. The number of anilines is 2. The maximum absolute atomic E-state index is 11.3. The van der Waals surface area contributed by atoms with E-state index in [1.165, 1.54) is 7.11 Å². The van der Waals surface area contributed by atoms with Gasteiger partial charge in [0.2, 0.25) is 5.91 Å². The molecule has 0 aliphatic heterocycles. The summed E-state index contributed by atoms with van der Waals surface area (Å²) in [6.45, 7) is 0.417. The number of hydrogen-bond donors (Lipinski definition) is 3. The van der Waals surface area contributed by atoms with Crippen LogP contribution in [0, 0.1) is 0 Å². The van der Waals surface area contributed by atoms with Gasteiger partial charge in [0.05, 0.1) is 12.0 Å². The van der Waals surface area contributed by atoms with Gasteiger partial charge in [-0.1, -0.05) is 0 Å². The van der Waals surface area contributed by atoms with Crippen LogP contribution in [-0.4, -0.2) is 43.3 Å². The molecule has 0 spiro atoms. The quantitative estimate of drug-likeness (QED) is 0.654. The zero-order chi connectivity index (χ0) is 13.4. The van der Waals surface area contributed by atoms with Gasteiger partial charge in [-0.15, -0.1) is 11.6 Å². The Morgan fingerprint density at radius 3 is 2.56 bits per heavy atom. The fourth-order valence-corrected chi connectivity index (χ4v) is 1.40. The highest BCUT2D eigenvalue weighted by Gasteiger charge is 2.03. The van der Waals surface area contributed by atoms with E-state index in [1.807, 2.05) is 12.1 Å². The Morgan fingerprint density at radius 2 is 2.00 bits per heavy atom. The summed E-state index contributed by atoms with van der Waals surface area (Å²) in [5.41, 5.74) is 1.55. The average Bonchev–Trinajstić information content (AvgIpc) is 2.37. The van der Waals surface area contributed by atoms with Gasteiger partial charge in [-0.25, -0.2) is 0 Å². The Morgan fingerprint density at radius 1 is 1.39 bits per heavy atom. The van der Waals surface area contributed by atoms with E-state index < -0.39 is 6.10 Å². The maximum atomic E-state index is 11.3. The van der Waals surface area contributed by atoms with Crippen molar-refractivity contribution in [2.75, 3.05) is 36.8 Å². The van der Waals surface area contributed by atoms with Gasteiger partial charge < -0.3 is 20.5 Å². The molecule has 1 aromatic rings. The lowest BCUT2D eigenvalue weighted by Crippen LogP contribution is -2.20. The molecule has 5 nitrogen and oxygen atoms in total. The van der Waals surface area contributed by atoms with Crippen LogP contribution in [0.1, 0.15) is 0 Å². The highest BCUT2D eigenvalue weighted by molar-refractivity contribution is 6.18. The number of benzene rings is 1. The lowest BCUT2D eigenvalue weighted by Gasteiger charge is -2.10. The van der Waals surface area contributed by atoms with Crippen LogP contribution in [0.15, 0.2) is 24.3 Å². The summed E-state index contributed by atoms with van der Waals surface area (Å²) in [5, 5.41) is 15.0. The van der Waals surface area contributed by atoms with E-state index in [9.17, 15) is 9.90 Å². The van der Waals surface area contributed by atoms with Gasteiger partial charge in [-0.2, -0.15) is 0 Å². The molecule has 1 atom stereocenters. The maximum Gasteiger partial charge on any atom is 0.250 e. The number of nitrogens with one attached hydrogen (secondary N) is 2. The largest absolute Gasteiger partial charge is 0.390 e. The van der Waals surface area contributed by atoms with Crippen molar-refractivity contribution in [2.45, 2.75) is 6.10 Å². The molecule has 1 rings (SSSR count). The number of ether oxygens (including phenoxy) is 1. The number of amides is 1. The Balaban J connectivity index is 2.44. The summed E-state index contributed by atoms with van der Waals surface area (Å²) in [6.07, 6.45) is -0.576. The van der Waals surface area contributed by atoms with Crippen LogP contribution in [0.25, 0.3) is 0 Å². The molecule has 0 radical (unpaired) electrons. The van der Waals surface area contributed by atoms with Crippen LogP contribution in [0.2, 0.25) is 0 Å². The molecule has 0 saturated heterocycles. The van der Waals surface area contributed by atoms with Crippen LogP contribution in [0.4, 0.5) is 11.4 Å². The molecule has 100 valence electrons. The highest BCUT2D eigenvalue weighted by Crippen LogP contribution is 2.13. The van der Waals surface area contributed by atoms with Crippen molar-refractivity contribution in [2.24, 2.45) is 0 Å². The predicted octanol–water partition coefficient (Wildman–Crippen LogP) is 1.28. The third-order valence-corrected chi connectivity index (χ3v) is 2.52. The van der Waals surface area contributed by atoms with Crippen molar-refractivity contribution >= 4 is 28.9 Å². The predicted molar refractivity (Wildman–Crippen MR) is 72.2 cm³/mol. The molecule has 1 aromatic carbocycles. The summed E-state index contributed by atoms with van der Waals surface area (Å²) in [6, 6.07) is 7.15. The van der Waals surface area contributed by atoms with Crippen LogP contribution >= 0.6 is 11.6 Å². The summed E-state index contributed by atoms with van der Waals surface area (Å²) in [4.78, 5) is 11.3. The first kappa shape index (κ1) is 14.8. The minimum atomic E-state index is -0.576. The van der Waals surface area contributed by atoms with Crippen molar-refractivity contribution < 1.29 is 14.6 Å². The fraction of sp³-hybridized carbons (Fsp3) is 0.417. The van der Waals surface area contributed by atoms with Crippen molar-refractivity contribution in [3.8, 4) is 0 Å². The van der Waals surface area contributed by atoms with Crippen molar-refractivity contribution in [1.82, 2.24) is 0 Å². The highest BCUT2D eigenvalue weighted by atomic mass is 35.5. The van der Waals surface area contributed by atoms with E-state index in [2.05, 4.69) is 10.6 Å². The van der Waals surface area contributed by atoms with Gasteiger partial charge in [-0.05, 0) is 24.3 Å². The molecule has 0 heterocycles. The Bertz CT molecular complexity index is 370. The SMILES string of the molecule is COCC(=O)Nc1ccc(NCC(O)CCl)cc1. The number of carbonyl (C=O) groups excluding carboxylic acids is 1. The minimum Gasteiger partial charge on any atom is -0.390 e. The van der Waals surface area contributed by atoms with Gasteiger partial charge in [0, 0.05) is 25.0 Å². The summed E-state index contributed by atoms with van der Waals surface area (Å²) >= 11 is 5.48. The monoisotopic (exact) mass is 272 g/mol. The second kappa shape index (κ2) is 7.92. The zero-order valence-electron chi connectivity index (χ0n) is 10.1. The van der Waals surface area contributed by atoms with Crippen molar-refractivity contribution in [1.29, 1.82) is 0 Å². The topological polar surface area (TPSA) is 70.6 Å². The molecule has 0 aliphatic carbocycles. The second-order valence-corrected chi connectivity index (χ2v) is 4.06. The van der Waals surface area contributed by atoms with Crippen LogP contribution in [0.3, 0.4) is 0 Å². The number of halogens is 1. The van der Waals surface area contributed by atoms with Gasteiger partial charge in [0.25, 0.3) is 0 Å². The van der Waals surface area contributed by atoms with E-state index >= 15 is 0 Å². The molecule has 0 aliphatic rings. The molecule has 0 bridgehead atoms. The molecule has 0 aromatic heterocycles. The molecular formula is C12H17ClN2O3. The van der Waals surface area contributed by atoms with Crippen LogP contribution in [0.5, 0.6) is 0 Å². The van der Waals surface area contributed by atoms with E-state index in [-0.39, 0.29) is 18.4 Å². The van der Waals surface area contributed by atoms with Gasteiger partial charge in [0.15, 0.2) is 0 Å². The first-order valence-electron chi connectivity index (χ1n) is 5.52. The van der Waals surface area contributed by atoms with E-state index in [1.54, 1.807) is 12.1 Å². The van der Waals surface area contributed by atoms with Crippen molar-refractivity contribution in [3.05, 3.63) is 24.3 Å². The number of aliphatic hydroxyl groups excluding tert-OH is 1. The number of aliphatic hydroxyl groups is 1. The molecule has 0 saturated carbocycles. The summed E-state index contributed by atoms with van der Waals surface area (Å²) < 4.78 is 4.71. The smallest absolute Gasteiger partial charge is 0.250 e. The van der Waals surface area contributed by atoms with Gasteiger partial charge in [-0.3, -0.25) is 4.79 Å². The number of carbonyl (C=O) groups is 1. The molecule has 0 fully saturated rings. The third kappa shape index (κ3) is 5.35. The zero-order valence-corrected chi connectivity index (χ0v) is 10.9. The van der Waals surface area contributed by atoms with Crippen LogP contribution in [-0.2, 0) is 9.53 Å². The summed E-state index contributed by atoms with van der Waals surface area (Å²) in [7, 11) is 1.47. The molecule has 3 N–H and O–H groups in total. The van der Waals surface area contributed by atoms with E-state index in [0.717, 1.165) is 5.69 Å². The minimum absolute atomic E-state index is 0.0297. The summed E-state index contributed by atoms with van der Waals surface area (Å²) in [5.74, 6) is -0.00574. The first-order valence-corrected chi connectivity index (χ1v) is 6.06. The second-order valence-electron chi connectivity index (χ2n) is 3.75. The molecule has 1 unspecified atom stereocenters. The lowest BCUT2D eigenvalue weighted by atomic mass is 10.2. The number of alkyl halides is 1. The van der Waals surface area contributed by atoms with E-state index in [4.69, 9.17) is 16.3 Å². The Kier molecular flexibility index (Phi) is 6.49. The molecule has 1 amide bonds. The van der Waals surface area contributed by atoms with Gasteiger partial charge in [0.1, 0.15) is 6.61 Å².